The van der Waals surface area contributed by atoms with Gasteiger partial charge in [-0.2, -0.15) is 0 Å². The number of carbonyl (C=O) groups is 2. The van der Waals surface area contributed by atoms with E-state index in [1.807, 2.05) is 17.5 Å². The number of anilines is 1. The summed E-state index contributed by atoms with van der Waals surface area (Å²) in [4.78, 5) is 29.5. The predicted octanol–water partition coefficient (Wildman–Crippen LogP) is 4.08. The lowest BCUT2D eigenvalue weighted by Crippen LogP contribution is -2.29. The molecular formula is C19H15FN2O2S2. The third kappa shape index (κ3) is 3.27. The number of fused-ring (bicyclic) bond motifs is 1. The fourth-order valence-electron chi connectivity index (χ4n) is 2.90. The minimum Gasteiger partial charge on any atom is -0.346 e. The fourth-order valence-corrected chi connectivity index (χ4v) is 4.61. The number of thiophene rings is 2. The molecule has 0 unspecified atom stereocenters. The molecule has 0 bridgehead atoms. The van der Waals surface area contributed by atoms with Crippen LogP contribution in [-0.2, 0) is 13.0 Å². The van der Waals surface area contributed by atoms with Crippen LogP contribution in [0.1, 0.15) is 29.8 Å². The van der Waals surface area contributed by atoms with Crippen molar-refractivity contribution in [3.8, 4) is 0 Å². The minimum absolute atomic E-state index is 0.132. The molecule has 3 heterocycles. The molecular weight excluding hydrogens is 371 g/mol. The number of hydrogen-bond acceptors (Lipinski definition) is 4. The van der Waals surface area contributed by atoms with Crippen LogP contribution in [0.15, 0.2) is 47.8 Å². The van der Waals surface area contributed by atoms with Gasteiger partial charge >= 0.3 is 0 Å². The largest absolute Gasteiger partial charge is 0.346 e. The zero-order valence-corrected chi connectivity index (χ0v) is 15.3. The second-order valence-corrected chi connectivity index (χ2v) is 8.06. The first-order valence-electron chi connectivity index (χ1n) is 8.12. The van der Waals surface area contributed by atoms with E-state index in [0.717, 1.165) is 21.9 Å². The normalized spacial score (nSPS) is 12.9. The van der Waals surface area contributed by atoms with Gasteiger partial charge in [0.2, 0.25) is 0 Å². The van der Waals surface area contributed by atoms with Gasteiger partial charge in [-0.25, -0.2) is 4.39 Å². The third-order valence-electron chi connectivity index (χ3n) is 4.20. The van der Waals surface area contributed by atoms with Gasteiger partial charge < -0.3 is 10.2 Å². The number of halogens is 1. The minimum atomic E-state index is -0.371. The summed E-state index contributed by atoms with van der Waals surface area (Å²) in [7, 11) is 0. The van der Waals surface area contributed by atoms with E-state index in [9.17, 15) is 14.0 Å². The summed E-state index contributed by atoms with van der Waals surface area (Å²) in [5, 5.41) is 4.88. The Bertz CT molecular complexity index is 949. The number of amides is 2. The van der Waals surface area contributed by atoms with Crippen molar-refractivity contribution in [1.29, 1.82) is 0 Å². The van der Waals surface area contributed by atoms with E-state index in [-0.39, 0.29) is 17.6 Å². The lowest BCUT2D eigenvalue weighted by molar-refractivity contribution is 0.0952. The molecule has 4 rings (SSSR count). The lowest BCUT2D eigenvalue weighted by atomic mass is 10.2. The average Bonchev–Trinajstić information content (AvgIpc) is 3.36. The number of hydrogen-bond donors (Lipinski definition) is 1. The number of carbonyl (C=O) groups excluding carboxylic acids is 2. The van der Waals surface area contributed by atoms with Crippen LogP contribution >= 0.6 is 22.7 Å². The Labute approximate surface area is 157 Å². The molecule has 1 aliphatic rings. The molecule has 26 heavy (non-hydrogen) atoms. The molecule has 2 aromatic heterocycles. The molecule has 0 atom stereocenters. The first kappa shape index (κ1) is 16.9. The summed E-state index contributed by atoms with van der Waals surface area (Å²) in [6.45, 7) is 1.08. The SMILES string of the molecule is O=C(NCc1cccs1)c1cc2c(s1)CCN2C(=O)c1ccc(F)cc1. The van der Waals surface area contributed by atoms with Crippen molar-refractivity contribution in [2.75, 3.05) is 11.4 Å². The van der Waals surface area contributed by atoms with Crippen LogP contribution in [0.4, 0.5) is 10.1 Å². The molecule has 2 amide bonds. The maximum atomic E-state index is 13.1. The number of nitrogens with one attached hydrogen (secondary N) is 1. The lowest BCUT2D eigenvalue weighted by Gasteiger charge is -2.16. The van der Waals surface area contributed by atoms with E-state index in [4.69, 9.17) is 0 Å². The molecule has 1 aromatic carbocycles. The molecule has 7 heteroatoms. The van der Waals surface area contributed by atoms with Gasteiger partial charge in [0.05, 0.1) is 17.1 Å². The van der Waals surface area contributed by atoms with Crippen molar-refractivity contribution >= 4 is 40.2 Å². The Hall–Kier alpha value is -2.51. The standard InChI is InChI=1S/C19H15FN2O2S2/c20-13-5-3-12(4-6-13)19(24)22-8-7-16-15(22)10-17(26-16)18(23)21-11-14-2-1-9-25-14/h1-6,9-10H,7-8,11H2,(H,21,23). The van der Waals surface area contributed by atoms with E-state index in [1.165, 1.54) is 35.6 Å². The third-order valence-corrected chi connectivity index (χ3v) is 6.26. The van der Waals surface area contributed by atoms with E-state index in [1.54, 1.807) is 22.3 Å². The summed E-state index contributed by atoms with van der Waals surface area (Å²) < 4.78 is 13.1. The van der Waals surface area contributed by atoms with Gasteiger partial charge in [0.25, 0.3) is 11.8 Å². The van der Waals surface area contributed by atoms with E-state index < -0.39 is 0 Å². The zero-order chi connectivity index (χ0) is 18.1. The van der Waals surface area contributed by atoms with Crippen LogP contribution in [0, 0.1) is 5.82 Å². The quantitative estimate of drug-likeness (QED) is 0.734. The second-order valence-electron chi connectivity index (χ2n) is 5.89. The van der Waals surface area contributed by atoms with Gasteiger partial charge in [0, 0.05) is 28.3 Å². The Morgan fingerprint density at radius 1 is 1.19 bits per heavy atom. The summed E-state index contributed by atoms with van der Waals surface area (Å²) >= 11 is 3.02. The van der Waals surface area contributed by atoms with Crippen LogP contribution in [0.2, 0.25) is 0 Å². The van der Waals surface area contributed by atoms with Gasteiger partial charge in [0.15, 0.2) is 0 Å². The molecule has 1 aliphatic heterocycles. The molecule has 0 aliphatic carbocycles. The number of nitrogens with zero attached hydrogens (tertiary/aromatic N) is 1. The van der Waals surface area contributed by atoms with Crippen molar-refractivity contribution in [3.63, 3.8) is 0 Å². The van der Waals surface area contributed by atoms with Crippen molar-refractivity contribution < 1.29 is 14.0 Å². The van der Waals surface area contributed by atoms with Crippen LogP contribution in [0.25, 0.3) is 0 Å². The Morgan fingerprint density at radius 3 is 2.73 bits per heavy atom. The van der Waals surface area contributed by atoms with Crippen LogP contribution < -0.4 is 10.2 Å². The Kier molecular flexibility index (Phi) is 4.57. The molecule has 4 nitrogen and oxygen atoms in total. The maximum Gasteiger partial charge on any atom is 0.261 e. The fraction of sp³-hybridized carbons (Fsp3) is 0.158. The van der Waals surface area contributed by atoms with Crippen molar-refractivity contribution in [3.05, 3.63) is 73.9 Å². The highest BCUT2D eigenvalue weighted by atomic mass is 32.1. The highest BCUT2D eigenvalue weighted by Gasteiger charge is 2.29. The van der Waals surface area contributed by atoms with Gasteiger partial charge in [0.1, 0.15) is 5.82 Å². The van der Waals surface area contributed by atoms with Crippen molar-refractivity contribution in [1.82, 2.24) is 5.32 Å². The van der Waals surface area contributed by atoms with E-state index >= 15 is 0 Å². The molecule has 0 saturated heterocycles. The predicted molar refractivity (Wildman–Crippen MR) is 102 cm³/mol. The highest BCUT2D eigenvalue weighted by Crippen LogP contribution is 2.36. The Balaban J connectivity index is 1.49. The second kappa shape index (κ2) is 7.01. The molecule has 3 aromatic rings. The zero-order valence-electron chi connectivity index (χ0n) is 13.7. The van der Waals surface area contributed by atoms with Gasteiger partial charge in [-0.15, -0.1) is 22.7 Å². The smallest absolute Gasteiger partial charge is 0.261 e. The van der Waals surface area contributed by atoms with Crippen LogP contribution in [0.3, 0.4) is 0 Å². The Morgan fingerprint density at radius 2 is 2.00 bits per heavy atom. The van der Waals surface area contributed by atoms with Gasteiger partial charge in [-0.05, 0) is 41.8 Å². The summed E-state index contributed by atoms with van der Waals surface area (Å²) in [5.41, 5.74) is 1.22. The molecule has 132 valence electrons. The topological polar surface area (TPSA) is 49.4 Å². The van der Waals surface area contributed by atoms with Gasteiger partial charge in [-0.3, -0.25) is 9.59 Å². The first-order chi connectivity index (χ1) is 12.6. The summed E-state index contributed by atoms with van der Waals surface area (Å²) in [5.74, 6) is -0.678. The number of benzene rings is 1. The monoisotopic (exact) mass is 386 g/mol. The van der Waals surface area contributed by atoms with Crippen molar-refractivity contribution in [2.24, 2.45) is 0 Å². The first-order valence-corrected chi connectivity index (χ1v) is 9.82. The maximum absolute atomic E-state index is 13.1. The molecule has 0 radical (unpaired) electrons. The van der Waals surface area contributed by atoms with Gasteiger partial charge in [-0.1, -0.05) is 6.07 Å². The molecule has 1 N–H and O–H groups in total. The van der Waals surface area contributed by atoms with E-state index in [2.05, 4.69) is 5.32 Å². The van der Waals surface area contributed by atoms with Crippen LogP contribution in [-0.4, -0.2) is 18.4 Å². The van der Waals surface area contributed by atoms with Crippen molar-refractivity contribution in [2.45, 2.75) is 13.0 Å². The molecule has 0 spiro atoms. The molecule has 0 saturated carbocycles. The highest BCUT2D eigenvalue weighted by molar-refractivity contribution is 7.14. The van der Waals surface area contributed by atoms with Crippen LogP contribution in [0.5, 0.6) is 0 Å². The van der Waals surface area contributed by atoms with E-state index in [0.29, 0.717) is 23.5 Å². The molecule has 0 fully saturated rings. The average molecular weight is 386 g/mol. The number of rotatable bonds is 4. The summed E-state index contributed by atoms with van der Waals surface area (Å²) in [6.07, 6.45) is 0.727. The summed E-state index contributed by atoms with van der Waals surface area (Å²) in [6, 6.07) is 11.2.